The zero-order valence-electron chi connectivity index (χ0n) is 12.0. The molecule has 0 N–H and O–H groups in total. The highest BCUT2D eigenvalue weighted by Gasteiger charge is 2.41. The number of ether oxygens (including phenoxy) is 1. The number of hydrogen-bond acceptors (Lipinski definition) is 5. The molecule has 1 aromatic rings. The van der Waals surface area contributed by atoms with Crippen LogP contribution in [0.25, 0.3) is 6.08 Å². The van der Waals surface area contributed by atoms with Crippen LogP contribution in [-0.2, 0) is 14.3 Å². The Kier molecular flexibility index (Phi) is 4.97. The maximum Gasteiger partial charge on any atom is 0.329 e. The lowest BCUT2D eigenvalue weighted by Gasteiger charge is -2.19. The monoisotopic (exact) mass is 323 g/mol. The molecule has 0 aliphatic carbocycles. The van der Waals surface area contributed by atoms with Gasteiger partial charge in [0.25, 0.3) is 11.1 Å². The van der Waals surface area contributed by atoms with E-state index in [1.165, 1.54) is 37.3 Å². The minimum atomic E-state index is -0.980. The second kappa shape index (κ2) is 6.74. The Balaban J connectivity index is 2.21. The summed E-state index contributed by atoms with van der Waals surface area (Å²) in [5.74, 6) is -1.58. The fourth-order valence-electron chi connectivity index (χ4n) is 1.89. The van der Waals surface area contributed by atoms with Crippen molar-refractivity contribution < 1.29 is 23.5 Å². The molecule has 1 atom stereocenters. The van der Waals surface area contributed by atoms with E-state index in [4.69, 9.17) is 4.74 Å². The Morgan fingerprint density at radius 2 is 2.00 bits per heavy atom. The van der Waals surface area contributed by atoms with Crippen LogP contribution in [-0.4, -0.2) is 34.7 Å². The van der Waals surface area contributed by atoms with Gasteiger partial charge in [0.05, 0.1) is 11.5 Å². The Hall–Kier alpha value is -2.15. The average molecular weight is 323 g/mol. The fraction of sp³-hybridized carbons (Fsp3) is 0.267. The van der Waals surface area contributed by atoms with Gasteiger partial charge in [-0.1, -0.05) is 12.1 Å². The normalized spacial score (nSPS) is 18.0. The van der Waals surface area contributed by atoms with Crippen molar-refractivity contribution in [3.63, 3.8) is 0 Å². The first kappa shape index (κ1) is 16.2. The molecule has 116 valence electrons. The van der Waals surface area contributed by atoms with Crippen molar-refractivity contribution in [3.05, 3.63) is 40.6 Å². The van der Waals surface area contributed by atoms with Gasteiger partial charge in [0.15, 0.2) is 0 Å². The van der Waals surface area contributed by atoms with E-state index in [9.17, 15) is 18.8 Å². The maximum absolute atomic E-state index is 12.9. The maximum atomic E-state index is 12.9. The number of amides is 2. The van der Waals surface area contributed by atoms with Gasteiger partial charge >= 0.3 is 5.97 Å². The van der Waals surface area contributed by atoms with Crippen LogP contribution in [0.1, 0.15) is 19.4 Å². The third-order valence-corrected chi connectivity index (χ3v) is 3.89. The van der Waals surface area contributed by atoms with Gasteiger partial charge < -0.3 is 4.74 Å². The van der Waals surface area contributed by atoms with Crippen molar-refractivity contribution in [2.45, 2.75) is 19.9 Å². The second-order valence-corrected chi connectivity index (χ2v) is 5.52. The molecule has 0 spiro atoms. The number of benzene rings is 1. The highest BCUT2D eigenvalue weighted by molar-refractivity contribution is 8.18. The minimum absolute atomic E-state index is 0.171. The Bertz CT molecular complexity index is 641. The molecule has 1 heterocycles. The molecule has 7 heteroatoms. The third kappa shape index (κ3) is 3.36. The van der Waals surface area contributed by atoms with Gasteiger partial charge in [-0.15, -0.1) is 0 Å². The summed E-state index contributed by atoms with van der Waals surface area (Å²) in [5, 5.41) is -0.529. The number of rotatable bonds is 4. The van der Waals surface area contributed by atoms with E-state index in [0.29, 0.717) is 5.56 Å². The van der Waals surface area contributed by atoms with Crippen LogP contribution >= 0.6 is 11.8 Å². The Morgan fingerprint density at radius 1 is 1.36 bits per heavy atom. The van der Waals surface area contributed by atoms with Gasteiger partial charge in [0, 0.05) is 0 Å². The number of imide groups is 1. The van der Waals surface area contributed by atoms with E-state index in [2.05, 4.69) is 0 Å². The van der Waals surface area contributed by atoms with Gasteiger partial charge in [-0.2, -0.15) is 0 Å². The highest BCUT2D eigenvalue weighted by atomic mass is 32.2. The molecular weight excluding hydrogens is 309 g/mol. The van der Waals surface area contributed by atoms with Crippen molar-refractivity contribution in [3.8, 4) is 0 Å². The van der Waals surface area contributed by atoms with E-state index in [1.807, 2.05) is 0 Å². The van der Waals surface area contributed by atoms with Crippen molar-refractivity contribution in [2.75, 3.05) is 6.61 Å². The minimum Gasteiger partial charge on any atom is -0.464 e. The molecule has 1 aliphatic rings. The summed E-state index contributed by atoms with van der Waals surface area (Å²) in [4.78, 5) is 37.0. The van der Waals surface area contributed by atoms with Gasteiger partial charge in [0.1, 0.15) is 11.9 Å². The number of nitrogens with zero attached hydrogens (tertiary/aromatic N) is 1. The highest BCUT2D eigenvalue weighted by Crippen LogP contribution is 2.33. The first-order chi connectivity index (χ1) is 10.4. The molecule has 0 radical (unpaired) electrons. The summed E-state index contributed by atoms with van der Waals surface area (Å²) in [6.45, 7) is 3.26. The number of carbonyl (C=O) groups is 3. The molecular formula is C15H14FNO4S. The quantitative estimate of drug-likeness (QED) is 0.630. The van der Waals surface area contributed by atoms with Crippen LogP contribution in [0.4, 0.5) is 9.18 Å². The van der Waals surface area contributed by atoms with E-state index in [-0.39, 0.29) is 17.3 Å². The number of carbonyl (C=O) groups excluding carboxylic acids is 3. The van der Waals surface area contributed by atoms with Crippen molar-refractivity contribution in [1.82, 2.24) is 4.90 Å². The van der Waals surface area contributed by atoms with Gasteiger partial charge in [-0.3, -0.25) is 14.5 Å². The molecule has 0 saturated carbocycles. The van der Waals surface area contributed by atoms with Crippen LogP contribution < -0.4 is 0 Å². The van der Waals surface area contributed by atoms with Gasteiger partial charge in [0.2, 0.25) is 0 Å². The largest absolute Gasteiger partial charge is 0.464 e. The molecule has 22 heavy (non-hydrogen) atoms. The summed E-state index contributed by atoms with van der Waals surface area (Å²) < 4.78 is 17.7. The lowest BCUT2D eigenvalue weighted by Crippen LogP contribution is -2.42. The van der Waals surface area contributed by atoms with Crippen LogP contribution in [0.15, 0.2) is 29.2 Å². The second-order valence-electron chi connectivity index (χ2n) is 4.53. The summed E-state index contributed by atoms with van der Waals surface area (Å²) in [5.41, 5.74) is 0.593. The zero-order valence-corrected chi connectivity index (χ0v) is 12.9. The Morgan fingerprint density at radius 3 is 2.59 bits per heavy atom. The number of esters is 1. The van der Waals surface area contributed by atoms with Crippen molar-refractivity contribution in [1.29, 1.82) is 0 Å². The van der Waals surface area contributed by atoms with Gasteiger partial charge in [-0.25, -0.2) is 9.18 Å². The molecule has 0 bridgehead atoms. The standard InChI is InChI=1S/C15H14FNO4S/c1-3-21-14(19)9(2)17-13(18)12(22-15(17)20)8-10-4-6-11(16)7-5-10/h4-9H,3H2,1-2H3/b12-8+/t9-/m0/s1. The molecule has 0 aromatic heterocycles. The first-order valence-electron chi connectivity index (χ1n) is 6.63. The SMILES string of the molecule is CCOC(=O)[C@H](C)N1C(=O)S/C(=C/c2ccc(F)cc2)C1=O. The molecule has 1 fully saturated rings. The lowest BCUT2D eigenvalue weighted by atomic mass is 10.2. The summed E-state index contributed by atoms with van der Waals surface area (Å²) in [6, 6.07) is 4.54. The smallest absolute Gasteiger partial charge is 0.329 e. The summed E-state index contributed by atoms with van der Waals surface area (Å²) >= 11 is 0.742. The molecule has 1 saturated heterocycles. The topological polar surface area (TPSA) is 63.7 Å². The van der Waals surface area contributed by atoms with E-state index in [1.54, 1.807) is 6.92 Å². The van der Waals surface area contributed by atoms with E-state index >= 15 is 0 Å². The molecule has 1 aliphatic heterocycles. The van der Waals surface area contributed by atoms with Gasteiger partial charge in [-0.05, 0) is 49.4 Å². The van der Waals surface area contributed by atoms with Crippen LogP contribution in [0.5, 0.6) is 0 Å². The summed E-state index contributed by atoms with van der Waals surface area (Å²) in [6.07, 6.45) is 1.49. The first-order valence-corrected chi connectivity index (χ1v) is 7.45. The van der Waals surface area contributed by atoms with E-state index < -0.39 is 23.2 Å². The fourth-order valence-corrected chi connectivity index (χ4v) is 2.80. The van der Waals surface area contributed by atoms with Crippen LogP contribution in [0, 0.1) is 5.82 Å². The zero-order chi connectivity index (χ0) is 16.3. The molecule has 2 amide bonds. The Labute approximate surface area is 131 Å². The van der Waals surface area contributed by atoms with E-state index in [0.717, 1.165) is 16.7 Å². The number of halogens is 1. The predicted octanol–water partition coefficient (Wildman–Crippen LogP) is 2.81. The molecule has 2 rings (SSSR count). The number of hydrogen-bond donors (Lipinski definition) is 0. The van der Waals surface area contributed by atoms with Crippen molar-refractivity contribution >= 4 is 35.0 Å². The summed E-state index contributed by atoms with van der Waals surface area (Å²) in [7, 11) is 0. The molecule has 5 nitrogen and oxygen atoms in total. The predicted molar refractivity (Wildman–Crippen MR) is 80.3 cm³/mol. The molecule has 1 aromatic carbocycles. The lowest BCUT2D eigenvalue weighted by molar-refractivity contribution is -0.150. The molecule has 0 unspecified atom stereocenters. The van der Waals surface area contributed by atoms with Crippen LogP contribution in [0.3, 0.4) is 0 Å². The van der Waals surface area contributed by atoms with Crippen molar-refractivity contribution in [2.24, 2.45) is 0 Å². The average Bonchev–Trinajstić information content (AvgIpc) is 2.75. The number of thioether (sulfide) groups is 1. The third-order valence-electron chi connectivity index (χ3n) is 3.01. The van der Waals surface area contributed by atoms with Crippen LogP contribution in [0.2, 0.25) is 0 Å².